The predicted octanol–water partition coefficient (Wildman–Crippen LogP) is -0.127. The van der Waals surface area contributed by atoms with Crippen LogP contribution in [0.5, 0.6) is 0 Å². The van der Waals surface area contributed by atoms with E-state index in [2.05, 4.69) is 19.2 Å². The van der Waals surface area contributed by atoms with Crippen LogP contribution >= 0.6 is 0 Å². The van der Waals surface area contributed by atoms with E-state index >= 15 is 0 Å². The van der Waals surface area contributed by atoms with Gasteiger partial charge in [-0.15, -0.1) is 0 Å². The SMILES string of the molecule is C[C@H]1CC(C)(C)C[C@@]2(C1)NC(=O)N(CC(=O)[O-])C2=O. The average molecular weight is 267 g/mol. The van der Waals surface area contributed by atoms with Crippen LogP contribution in [-0.4, -0.2) is 34.9 Å². The van der Waals surface area contributed by atoms with Crippen LogP contribution < -0.4 is 10.4 Å². The molecule has 2 rings (SSSR count). The Hall–Kier alpha value is -1.59. The molecule has 0 aromatic heterocycles. The largest absolute Gasteiger partial charge is 0.548 e. The van der Waals surface area contributed by atoms with Crippen molar-refractivity contribution in [3.05, 3.63) is 0 Å². The fourth-order valence-corrected chi connectivity index (χ4v) is 3.78. The van der Waals surface area contributed by atoms with Crippen molar-refractivity contribution < 1.29 is 19.5 Å². The van der Waals surface area contributed by atoms with Crippen LogP contribution in [0.4, 0.5) is 4.79 Å². The zero-order chi connectivity index (χ0) is 14.4. The van der Waals surface area contributed by atoms with Crippen LogP contribution in [0.1, 0.15) is 40.0 Å². The number of carboxylic acid groups (broad SMARTS) is 1. The first-order valence-corrected chi connectivity index (χ1v) is 6.49. The fraction of sp³-hybridized carbons (Fsp3) is 0.769. The topological polar surface area (TPSA) is 89.5 Å². The summed E-state index contributed by atoms with van der Waals surface area (Å²) >= 11 is 0. The molecule has 106 valence electrons. The molecule has 2 atom stereocenters. The summed E-state index contributed by atoms with van der Waals surface area (Å²) in [5.74, 6) is -1.55. The van der Waals surface area contributed by atoms with E-state index in [1.54, 1.807) is 0 Å². The van der Waals surface area contributed by atoms with Gasteiger partial charge in [-0.1, -0.05) is 20.8 Å². The molecule has 0 bridgehead atoms. The molecule has 1 saturated heterocycles. The second-order valence-electron chi connectivity index (χ2n) is 6.63. The van der Waals surface area contributed by atoms with Gasteiger partial charge in [0.05, 0.1) is 12.5 Å². The van der Waals surface area contributed by atoms with E-state index < -0.39 is 30.0 Å². The lowest BCUT2D eigenvalue weighted by atomic mass is 9.64. The number of aliphatic carboxylic acids is 1. The molecule has 3 amide bonds. The average Bonchev–Trinajstić information content (AvgIpc) is 2.38. The zero-order valence-corrected chi connectivity index (χ0v) is 11.5. The van der Waals surface area contributed by atoms with E-state index in [0.717, 1.165) is 11.3 Å². The number of nitrogens with one attached hydrogen (secondary N) is 1. The number of urea groups is 1. The van der Waals surface area contributed by atoms with Crippen LogP contribution in [0.15, 0.2) is 0 Å². The molecule has 0 aromatic carbocycles. The highest BCUT2D eigenvalue weighted by Gasteiger charge is 2.55. The number of carboxylic acids is 1. The molecular weight excluding hydrogens is 248 g/mol. The Morgan fingerprint density at radius 2 is 2.05 bits per heavy atom. The van der Waals surface area contributed by atoms with Gasteiger partial charge in [-0.25, -0.2) is 4.79 Å². The summed E-state index contributed by atoms with van der Waals surface area (Å²) in [5.41, 5.74) is -0.994. The normalized spacial score (nSPS) is 33.6. The lowest BCUT2D eigenvalue weighted by Gasteiger charge is -2.43. The number of hydrogen-bond acceptors (Lipinski definition) is 4. The van der Waals surface area contributed by atoms with E-state index in [4.69, 9.17) is 0 Å². The lowest BCUT2D eigenvalue weighted by molar-refractivity contribution is -0.305. The van der Waals surface area contributed by atoms with Crippen LogP contribution in [0.2, 0.25) is 0 Å². The summed E-state index contributed by atoms with van der Waals surface area (Å²) in [4.78, 5) is 35.6. The van der Waals surface area contributed by atoms with Crippen molar-refractivity contribution in [2.45, 2.75) is 45.6 Å². The van der Waals surface area contributed by atoms with Gasteiger partial charge in [0.15, 0.2) is 0 Å². The maximum atomic E-state index is 12.4. The summed E-state index contributed by atoms with van der Waals surface area (Å²) in [5, 5.41) is 13.3. The molecule has 19 heavy (non-hydrogen) atoms. The molecule has 0 unspecified atom stereocenters. The summed E-state index contributed by atoms with van der Waals surface area (Å²) in [7, 11) is 0. The molecule has 1 aliphatic carbocycles. The minimum absolute atomic E-state index is 0.0575. The number of imide groups is 1. The second-order valence-corrected chi connectivity index (χ2v) is 6.63. The maximum Gasteiger partial charge on any atom is 0.325 e. The third-order valence-corrected chi connectivity index (χ3v) is 3.91. The van der Waals surface area contributed by atoms with Crippen molar-refractivity contribution in [1.82, 2.24) is 10.2 Å². The molecular formula is C13H19N2O4-. The first-order valence-electron chi connectivity index (χ1n) is 6.49. The number of hydrogen-bond donors (Lipinski definition) is 1. The summed E-state index contributed by atoms with van der Waals surface area (Å²) < 4.78 is 0. The van der Waals surface area contributed by atoms with Crippen molar-refractivity contribution in [1.29, 1.82) is 0 Å². The zero-order valence-electron chi connectivity index (χ0n) is 11.5. The van der Waals surface area contributed by atoms with Crippen LogP contribution in [0.3, 0.4) is 0 Å². The minimum Gasteiger partial charge on any atom is -0.548 e. The van der Waals surface area contributed by atoms with Gasteiger partial charge in [0, 0.05) is 0 Å². The van der Waals surface area contributed by atoms with Crippen LogP contribution in [0.25, 0.3) is 0 Å². The smallest absolute Gasteiger partial charge is 0.325 e. The molecule has 1 spiro atoms. The van der Waals surface area contributed by atoms with Gasteiger partial charge in [0.2, 0.25) is 0 Å². The second kappa shape index (κ2) is 4.21. The highest BCUT2D eigenvalue weighted by molar-refractivity contribution is 6.08. The van der Waals surface area contributed by atoms with Gasteiger partial charge in [-0.05, 0) is 30.6 Å². The highest BCUT2D eigenvalue weighted by atomic mass is 16.4. The van der Waals surface area contributed by atoms with Crippen molar-refractivity contribution >= 4 is 17.9 Å². The third kappa shape index (κ3) is 2.43. The van der Waals surface area contributed by atoms with Crippen LogP contribution in [0, 0.1) is 11.3 Å². The Morgan fingerprint density at radius 3 is 2.58 bits per heavy atom. The summed E-state index contributed by atoms with van der Waals surface area (Å²) in [6, 6.07) is -0.626. The Balaban J connectivity index is 2.28. The minimum atomic E-state index is -1.43. The van der Waals surface area contributed by atoms with E-state index in [1.165, 1.54) is 0 Å². The molecule has 1 aliphatic heterocycles. The van der Waals surface area contributed by atoms with Crippen molar-refractivity contribution in [2.24, 2.45) is 11.3 Å². The molecule has 2 aliphatic rings. The maximum absolute atomic E-state index is 12.4. The summed E-state index contributed by atoms with van der Waals surface area (Å²) in [6.45, 7) is 5.49. The van der Waals surface area contributed by atoms with Gasteiger partial charge in [0.1, 0.15) is 5.54 Å². The van der Waals surface area contributed by atoms with E-state index in [0.29, 0.717) is 18.8 Å². The van der Waals surface area contributed by atoms with Gasteiger partial charge in [-0.3, -0.25) is 9.69 Å². The molecule has 0 aromatic rings. The van der Waals surface area contributed by atoms with Gasteiger partial charge in [-0.2, -0.15) is 0 Å². The predicted molar refractivity (Wildman–Crippen MR) is 64.8 cm³/mol. The molecule has 6 nitrogen and oxygen atoms in total. The standard InChI is InChI=1S/C13H20N2O4/c1-8-4-12(2,3)7-13(5-8)10(18)15(6-9(16)17)11(19)14-13/h8H,4-7H2,1-3H3,(H,14,19)(H,16,17)/p-1/t8-,13+/m0/s1. The first kappa shape index (κ1) is 13.8. The first-order chi connectivity index (χ1) is 8.65. The van der Waals surface area contributed by atoms with E-state index in [-0.39, 0.29) is 5.41 Å². The Bertz CT molecular complexity index is 446. The van der Waals surface area contributed by atoms with Crippen molar-refractivity contribution in [3.63, 3.8) is 0 Å². The van der Waals surface area contributed by atoms with Crippen LogP contribution in [-0.2, 0) is 9.59 Å². The molecule has 1 saturated carbocycles. The van der Waals surface area contributed by atoms with Gasteiger partial charge < -0.3 is 15.2 Å². The van der Waals surface area contributed by atoms with Gasteiger partial charge in [0.25, 0.3) is 5.91 Å². The highest BCUT2D eigenvalue weighted by Crippen LogP contribution is 2.46. The fourth-order valence-electron chi connectivity index (χ4n) is 3.78. The molecule has 1 N–H and O–H groups in total. The molecule has 2 fully saturated rings. The lowest BCUT2D eigenvalue weighted by Crippen LogP contribution is -2.54. The number of rotatable bonds is 2. The number of carbonyl (C=O) groups is 3. The monoisotopic (exact) mass is 267 g/mol. The Labute approximate surface area is 112 Å². The third-order valence-electron chi connectivity index (χ3n) is 3.91. The number of nitrogens with zero attached hydrogens (tertiary/aromatic N) is 1. The number of carbonyl (C=O) groups excluding carboxylic acids is 3. The van der Waals surface area contributed by atoms with E-state index in [1.807, 2.05) is 6.92 Å². The van der Waals surface area contributed by atoms with Crippen molar-refractivity contribution in [2.75, 3.05) is 6.54 Å². The molecule has 0 radical (unpaired) electrons. The van der Waals surface area contributed by atoms with E-state index in [9.17, 15) is 19.5 Å². The van der Waals surface area contributed by atoms with Crippen molar-refractivity contribution in [3.8, 4) is 0 Å². The quantitative estimate of drug-likeness (QED) is 0.706. The summed E-state index contributed by atoms with van der Waals surface area (Å²) in [6.07, 6.45) is 2.08. The van der Waals surface area contributed by atoms with Gasteiger partial charge >= 0.3 is 6.03 Å². The Kier molecular flexibility index (Phi) is 3.07. The number of amides is 3. The molecule has 1 heterocycles. The Morgan fingerprint density at radius 1 is 1.42 bits per heavy atom. The molecule has 6 heteroatoms.